The fourth-order valence-corrected chi connectivity index (χ4v) is 12.2. The molecule has 1 heterocycles. The van der Waals surface area contributed by atoms with Crippen LogP contribution in [0.15, 0.2) is 206 Å². The number of hydrogen-bond donors (Lipinski definition) is 0. The van der Waals surface area contributed by atoms with Crippen molar-refractivity contribution < 1.29 is 0 Å². The molecule has 1 fully saturated rings. The van der Waals surface area contributed by atoms with Crippen LogP contribution >= 0.6 is 11.3 Å². The summed E-state index contributed by atoms with van der Waals surface area (Å²) in [6.45, 7) is 0. The van der Waals surface area contributed by atoms with Crippen molar-refractivity contribution in [2.45, 2.75) is 43.4 Å². The summed E-state index contributed by atoms with van der Waals surface area (Å²) >= 11 is 1.88. The van der Waals surface area contributed by atoms with Gasteiger partial charge in [-0.2, -0.15) is 0 Å². The Morgan fingerprint density at radius 1 is 0.459 bits per heavy atom. The van der Waals surface area contributed by atoms with Gasteiger partial charge in [0.05, 0.1) is 11.1 Å². The molecule has 2 aliphatic carbocycles. The van der Waals surface area contributed by atoms with Crippen LogP contribution < -0.4 is 4.90 Å². The largest absolute Gasteiger partial charge is 0.309 e. The maximum Gasteiger partial charge on any atom is 0.0713 e. The smallest absolute Gasteiger partial charge is 0.0713 e. The standard InChI is InChI=1S/C59H45NS/c1-5-19-41(20-6-1)48-29-17-30-52-56(48)50-35-33-43(39-53(50)59(52,44-22-7-2-8-23-44)45-24-9-3-10-25-45)49-36-37-55-57(51-28-15-16-31-54(51)61-55)58(49)60(46-26-11-4-12-27-46)47-34-32-40-18-13-14-21-42(40)38-47/h2-4,7-18,21-39,41H,1,5-6,19-20H2. The van der Waals surface area contributed by atoms with E-state index >= 15 is 0 Å². The second kappa shape index (κ2) is 14.8. The molecule has 292 valence electrons. The van der Waals surface area contributed by atoms with Gasteiger partial charge in [-0.25, -0.2) is 0 Å². The third kappa shape index (κ3) is 5.73. The van der Waals surface area contributed by atoms with Gasteiger partial charge in [0, 0.05) is 37.1 Å². The lowest BCUT2D eigenvalue weighted by atomic mass is 9.67. The zero-order chi connectivity index (χ0) is 40.3. The number of hydrogen-bond acceptors (Lipinski definition) is 2. The SMILES string of the molecule is c1ccc(N(c2ccc3ccccc3c2)c2c(-c3ccc4c(c3)C(c3ccccc3)(c3ccccc3)c3cccc(C5CCCCC5)c3-4)ccc3sc4ccccc4c23)cc1. The quantitative estimate of drug-likeness (QED) is 0.155. The maximum atomic E-state index is 2.57. The van der Waals surface area contributed by atoms with E-state index in [9.17, 15) is 0 Å². The highest BCUT2D eigenvalue weighted by molar-refractivity contribution is 7.26. The molecule has 12 rings (SSSR count). The molecule has 2 heteroatoms. The molecule has 1 aromatic heterocycles. The molecular formula is C59H45NS. The monoisotopic (exact) mass is 799 g/mol. The van der Waals surface area contributed by atoms with Crippen LogP contribution in [-0.2, 0) is 5.41 Å². The second-order valence-corrected chi connectivity index (χ2v) is 18.1. The van der Waals surface area contributed by atoms with Crippen molar-refractivity contribution in [3.63, 3.8) is 0 Å². The minimum Gasteiger partial charge on any atom is -0.309 e. The molecule has 1 nitrogen and oxygen atoms in total. The fraction of sp³-hybridized carbons (Fsp3) is 0.119. The summed E-state index contributed by atoms with van der Waals surface area (Å²) in [5.74, 6) is 0.570. The Bertz CT molecular complexity index is 3190. The van der Waals surface area contributed by atoms with E-state index in [1.54, 1.807) is 0 Å². The second-order valence-electron chi connectivity index (χ2n) is 17.0. The number of thiophene rings is 1. The highest BCUT2D eigenvalue weighted by Crippen LogP contribution is 2.60. The van der Waals surface area contributed by atoms with Crippen LogP contribution in [0.5, 0.6) is 0 Å². The molecule has 1 saturated carbocycles. The number of anilines is 3. The predicted molar refractivity (Wildman–Crippen MR) is 260 cm³/mol. The molecule has 0 atom stereocenters. The van der Waals surface area contributed by atoms with E-state index in [1.807, 2.05) is 11.3 Å². The lowest BCUT2D eigenvalue weighted by Crippen LogP contribution is -2.28. The third-order valence-electron chi connectivity index (χ3n) is 13.7. The highest BCUT2D eigenvalue weighted by atomic mass is 32.1. The van der Waals surface area contributed by atoms with E-state index in [1.165, 1.54) is 119 Å². The molecule has 0 aliphatic heterocycles. The number of rotatable bonds is 7. The van der Waals surface area contributed by atoms with Gasteiger partial charge >= 0.3 is 0 Å². The maximum absolute atomic E-state index is 2.57. The summed E-state index contributed by atoms with van der Waals surface area (Å²) in [4.78, 5) is 2.52. The Balaban J connectivity index is 1.18. The van der Waals surface area contributed by atoms with Crippen LogP contribution in [0.2, 0.25) is 0 Å². The average molecular weight is 800 g/mol. The first-order chi connectivity index (χ1) is 30.3. The summed E-state index contributed by atoms with van der Waals surface area (Å²) in [5.41, 5.74) is 15.1. The number of benzene rings is 9. The molecule has 9 aromatic carbocycles. The van der Waals surface area contributed by atoms with Crippen LogP contribution in [0.4, 0.5) is 17.1 Å². The van der Waals surface area contributed by atoms with Crippen LogP contribution in [0.25, 0.3) is 53.2 Å². The van der Waals surface area contributed by atoms with Gasteiger partial charge in [0.1, 0.15) is 0 Å². The Hall–Kier alpha value is -6.74. The molecule has 0 unspecified atom stereocenters. The third-order valence-corrected chi connectivity index (χ3v) is 14.8. The zero-order valence-corrected chi connectivity index (χ0v) is 34.9. The average Bonchev–Trinajstić information content (AvgIpc) is 3.87. The normalized spacial score (nSPS) is 14.6. The van der Waals surface area contributed by atoms with Gasteiger partial charge < -0.3 is 4.90 Å². The molecule has 0 amide bonds. The van der Waals surface area contributed by atoms with Crippen molar-refractivity contribution >= 4 is 59.3 Å². The minimum atomic E-state index is -0.495. The van der Waals surface area contributed by atoms with Crippen molar-refractivity contribution in [2.75, 3.05) is 4.90 Å². The summed E-state index contributed by atoms with van der Waals surface area (Å²) in [6, 6.07) is 77.7. The van der Waals surface area contributed by atoms with E-state index in [-0.39, 0.29) is 0 Å². The van der Waals surface area contributed by atoms with Gasteiger partial charge in [0.15, 0.2) is 0 Å². The Morgan fingerprint density at radius 2 is 1.13 bits per heavy atom. The summed E-state index contributed by atoms with van der Waals surface area (Å²) in [7, 11) is 0. The first-order valence-electron chi connectivity index (χ1n) is 22.0. The van der Waals surface area contributed by atoms with Gasteiger partial charge in [-0.3, -0.25) is 0 Å². The fourth-order valence-electron chi connectivity index (χ4n) is 11.1. The van der Waals surface area contributed by atoms with E-state index < -0.39 is 5.41 Å². The molecule has 0 N–H and O–H groups in total. The number of fused-ring (bicyclic) bond motifs is 7. The van der Waals surface area contributed by atoms with Crippen molar-refractivity contribution in [1.82, 2.24) is 0 Å². The molecule has 0 radical (unpaired) electrons. The van der Waals surface area contributed by atoms with Crippen molar-refractivity contribution in [3.8, 4) is 22.3 Å². The molecule has 0 bridgehead atoms. The summed E-state index contributed by atoms with van der Waals surface area (Å²) in [5, 5.41) is 5.04. The van der Waals surface area contributed by atoms with Crippen LogP contribution in [-0.4, -0.2) is 0 Å². The van der Waals surface area contributed by atoms with Crippen molar-refractivity contribution in [2.24, 2.45) is 0 Å². The first-order valence-corrected chi connectivity index (χ1v) is 22.8. The van der Waals surface area contributed by atoms with Gasteiger partial charge in [-0.1, -0.05) is 183 Å². The van der Waals surface area contributed by atoms with E-state index in [0.717, 1.165) is 11.4 Å². The van der Waals surface area contributed by atoms with Gasteiger partial charge in [-0.15, -0.1) is 11.3 Å². The van der Waals surface area contributed by atoms with Gasteiger partial charge in [0.25, 0.3) is 0 Å². The van der Waals surface area contributed by atoms with Crippen LogP contribution in [0.3, 0.4) is 0 Å². The van der Waals surface area contributed by atoms with Crippen molar-refractivity contribution in [1.29, 1.82) is 0 Å². The Kier molecular flexibility index (Phi) is 8.75. The van der Waals surface area contributed by atoms with E-state index in [2.05, 4.69) is 211 Å². The first kappa shape index (κ1) is 36.1. The molecule has 10 aromatic rings. The minimum absolute atomic E-state index is 0.495. The highest BCUT2D eigenvalue weighted by Gasteiger charge is 2.47. The molecule has 61 heavy (non-hydrogen) atoms. The van der Waals surface area contributed by atoms with Gasteiger partial charge in [-0.05, 0) is 117 Å². The van der Waals surface area contributed by atoms with Crippen molar-refractivity contribution in [3.05, 3.63) is 234 Å². The lowest BCUT2D eigenvalue weighted by molar-refractivity contribution is 0.444. The number of nitrogens with zero attached hydrogens (tertiary/aromatic N) is 1. The topological polar surface area (TPSA) is 3.24 Å². The van der Waals surface area contributed by atoms with Gasteiger partial charge in [0.2, 0.25) is 0 Å². The Labute approximate surface area is 362 Å². The zero-order valence-electron chi connectivity index (χ0n) is 34.1. The molecule has 0 saturated heterocycles. The molecule has 0 spiro atoms. The van der Waals surface area contributed by atoms with Crippen LogP contribution in [0, 0.1) is 0 Å². The van der Waals surface area contributed by atoms with E-state index in [4.69, 9.17) is 0 Å². The summed E-state index contributed by atoms with van der Waals surface area (Å²) < 4.78 is 2.59. The summed E-state index contributed by atoms with van der Waals surface area (Å²) in [6.07, 6.45) is 6.47. The Morgan fingerprint density at radius 3 is 1.90 bits per heavy atom. The van der Waals surface area contributed by atoms with Crippen LogP contribution in [0.1, 0.15) is 65.8 Å². The number of para-hydroxylation sites is 1. The molecule has 2 aliphatic rings. The molecular weight excluding hydrogens is 755 g/mol. The van der Waals surface area contributed by atoms with E-state index in [0.29, 0.717) is 5.92 Å². The lowest BCUT2D eigenvalue weighted by Gasteiger charge is -2.34. The predicted octanol–water partition coefficient (Wildman–Crippen LogP) is 16.8.